The summed E-state index contributed by atoms with van der Waals surface area (Å²) in [6.45, 7) is 5.79. The maximum atomic E-state index is 6.20. The Morgan fingerprint density at radius 3 is 2.80 bits per heavy atom. The van der Waals surface area contributed by atoms with Crippen molar-refractivity contribution >= 4 is 0 Å². The molecule has 0 aromatic heterocycles. The molecule has 1 heterocycles. The van der Waals surface area contributed by atoms with Crippen LogP contribution in [0.2, 0.25) is 0 Å². The van der Waals surface area contributed by atoms with Gasteiger partial charge in [0.2, 0.25) is 0 Å². The van der Waals surface area contributed by atoms with Crippen molar-refractivity contribution in [1.82, 2.24) is 4.90 Å². The van der Waals surface area contributed by atoms with E-state index >= 15 is 0 Å². The Bertz CT molecular complexity index is 222. The van der Waals surface area contributed by atoms with Gasteiger partial charge in [0.15, 0.2) is 0 Å². The highest BCUT2D eigenvalue weighted by Crippen LogP contribution is 2.38. The van der Waals surface area contributed by atoms with E-state index in [1.807, 2.05) is 7.11 Å². The predicted molar refractivity (Wildman–Crippen MR) is 61.8 cm³/mol. The van der Waals surface area contributed by atoms with Crippen molar-refractivity contribution in [2.24, 2.45) is 11.1 Å². The molecule has 1 saturated carbocycles. The van der Waals surface area contributed by atoms with Crippen LogP contribution < -0.4 is 5.73 Å². The summed E-state index contributed by atoms with van der Waals surface area (Å²) >= 11 is 0. The Labute approximate surface area is 93.0 Å². The normalized spacial score (nSPS) is 42.6. The van der Waals surface area contributed by atoms with Gasteiger partial charge in [0, 0.05) is 32.8 Å². The molecule has 3 heteroatoms. The SMILES string of the molecule is COC1CCN(CC2(C)CCCC2N)C1. The fraction of sp³-hybridized carbons (Fsp3) is 1.00. The van der Waals surface area contributed by atoms with E-state index in [1.54, 1.807) is 0 Å². The van der Waals surface area contributed by atoms with E-state index in [-0.39, 0.29) is 0 Å². The molecule has 0 radical (unpaired) electrons. The molecule has 2 rings (SSSR count). The zero-order chi connectivity index (χ0) is 10.9. The molecule has 1 saturated heterocycles. The lowest BCUT2D eigenvalue weighted by molar-refractivity contribution is 0.0976. The summed E-state index contributed by atoms with van der Waals surface area (Å²) in [6.07, 6.45) is 5.44. The third kappa shape index (κ3) is 2.35. The van der Waals surface area contributed by atoms with E-state index in [4.69, 9.17) is 10.5 Å². The fourth-order valence-electron chi connectivity index (χ4n) is 3.10. The van der Waals surface area contributed by atoms with Gasteiger partial charge in [0.05, 0.1) is 6.10 Å². The van der Waals surface area contributed by atoms with Gasteiger partial charge >= 0.3 is 0 Å². The third-order valence-electron chi connectivity index (χ3n) is 4.31. The second-order valence-corrected chi connectivity index (χ2v) is 5.53. The molecule has 0 aromatic carbocycles. The van der Waals surface area contributed by atoms with Crippen molar-refractivity contribution in [3.63, 3.8) is 0 Å². The number of nitrogens with zero attached hydrogens (tertiary/aromatic N) is 1. The summed E-state index contributed by atoms with van der Waals surface area (Å²) in [4.78, 5) is 2.53. The quantitative estimate of drug-likeness (QED) is 0.764. The largest absolute Gasteiger partial charge is 0.380 e. The summed E-state index contributed by atoms with van der Waals surface area (Å²) in [5.74, 6) is 0. The predicted octanol–water partition coefficient (Wildman–Crippen LogP) is 1.22. The zero-order valence-corrected chi connectivity index (χ0v) is 10.0. The molecule has 3 unspecified atom stereocenters. The number of hydrogen-bond acceptors (Lipinski definition) is 3. The summed E-state index contributed by atoms with van der Waals surface area (Å²) in [5, 5.41) is 0. The van der Waals surface area contributed by atoms with Crippen LogP contribution in [0.4, 0.5) is 0 Å². The van der Waals surface area contributed by atoms with Gasteiger partial charge in [-0.3, -0.25) is 0 Å². The fourth-order valence-corrected chi connectivity index (χ4v) is 3.10. The molecule has 0 spiro atoms. The molecular weight excluding hydrogens is 188 g/mol. The molecule has 3 nitrogen and oxygen atoms in total. The number of ether oxygens (including phenoxy) is 1. The molecule has 0 bridgehead atoms. The van der Waals surface area contributed by atoms with E-state index in [0.717, 1.165) is 13.1 Å². The van der Waals surface area contributed by atoms with Crippen molar-refractivity contribution in [2.75, 3.05) is 26.7 Å². The molecule has 2 fully saturated rings. The van der Waals surface area contributed by atoms with Gasteiger partial charge in [-0.25, -0.2) is 0 Å². The first-order valence-corrected chi connectivity index (χ1v) is 6.15. The summed E-state index contributed by atoms with van der Waals surface area (Å²) in [6, 6.07) is 0.402. The second-order valence-electron chi connectivity index (χ2n) is 5.53. The third-order valence-corrected chi connectivity index (χ3v) is 4.31. The van der Waals surface area contributed by atoms with E-state index in [9.17, 15) is 0 Å². The van der Waals surface area contributed by atoms with Crippen LogP contribution in [0.1, 0.15) is 32.6 Å². The van der Waals surface area contributed by atoms with E-state index in [2.05, 4.69) is 11.8 Å². The van der Waals surface area contributed by atoms with E-state index < -0.39 is 0 Å². The van der Waals surface area contributed by atoms with Crippen LogP contribution in [0.15, 0.2) is 0 Å². The molecule has 2 aliphatic rings. The van der Waals surface area contributed by atoms with Gasteiger partial charge in [0.25, 0.3) is 0 Å². The maximum absolute atomic E-state index is 6.20. The first kappa shape index (κ1) is 11.4. The highest BCUT2D eigenvalue weighted by Gasteiger charge is 2.39. The van der Waals surface area contributed by atoms with Gasteiger partial charge in [-0.05, 0) is 24.7 Å². The number of methoxy groups -OCH3 is 1. The Morgan fingerprint density at radius 2 is 2.27 bits per heavy atom. The van der Waals surface area contributed by atoms with Gasteiger partial charge in [-0.2, -0.15) is 0 Å². The molecule has 0 aromatic rings. The van der Waals surface area contributed by atoms with Crippen LogP contribution in [0.25, 0.3) is 0 Å². The Hall–Kier alpha value is -0.120. The van der Waals surface area contributed by atoms with Crippen molar-refractivity contribution < 1.29 is 4.74 Å². The van der Waals surface area contributed by atoms with Crippen LogP contribution in [-0.4, -0.2) is 43.8 Å². The summed E-state index contributed by atoms with van der Waals surface area (Å²) in [7, 11) is 1.82. The van der Waals surface area contributed by atoms with Crippen LogP contribution in [0.3, 0.4) is 0 Å². The average Bonchev–Trinajstić information content (AvgIpc) is 2.76. The lowest BCUT2D eigenvalue weighted by Gasteiger charge is -2.33. The topological polar surface area (TPSA) is 38.5 Å². The number of hydrogen-bond donors (Lipinski definition) is 1. The zero-order valence-electron chi connectivity index (χ0n) is 10.0. The summed E-state index contributed by atoms with van der Waals surface area (Å²) in [5.41, 5.74) is 6.55. The van der Waals surface area contributed by atoms with Crippen LogP contribution in [0, 0.1) is 5.41 Å². The van der Waals surface area contributed by atoms with Gasteiger partial charge < -0.3 is 15.4 Å². The first-order chi connectivity index (χ1) is 7.14. The van der Waals surface area contributed by atoms with Crippen molar-refractivity contribution in [3.8, 4) is 0 Å². The molecule has 2 N–H and O–H groups in total. The molecule has 15 heavy (non-hydrogen) atoms. The highest BCUT2D eigenvalue weighted by atomic mass is 16.5. The standard InChI is InChI=1S/C12H24N2O/c1-12(6-3-4-11(12)13)9-14-7-5-10(8-14)15-2/h10-11H,3-9,13H2,1-2H3. The molecule has 1 aliphatic carbocycles. The minimum atomic E-state index is 0.350. The lowest BCUT2D eigenvalue weighted by Crippen LogP contribution is -2.43. The summed E-state index contributed by atoms with van der Waals surface area (Å²) < 4.78 is 5.39. The number of likely N-dealkylation sites (tertiary alicyclic amines) is 1. The molecule has 3 atom stereocenters. The number of rotatable bonds is 3. The smallest absolute Gasteiger partial charge is 0.0710 e. The second kappa shape index (κ2) is 4.40. The molecule has 1 aliphatic heterocycles. The van der Waals surface area contributed by atoms with Gasteiger partial charge in [0.1, 0.15) is 0 Å². The van der Waals surface area contributed by atoms with Crippen molar-refractivity contribution in [1.29, 1.82) is 0 Å². The molecule has 88 valence electrons. The Morgan fingerprint density at radius 1 is 1.47 bits per heavy atom. The highest BCUT2D eigenvalue weighted by molar-refractivity contribution is 4.94. The molecule has 0 amide bonds. The Balaban J connectivity index is 1.86. The van der Waals surface area contributed by atoms with Gasteiger partial charge in [-0.15, -0.1) is 0 Å². The van der Waals surface area contributed by atoms with Crippen molar-refractivity contribution in [2.45, 2.75) is 44.8 Å². The van der Waals surface area contributed by atoms with E-state index in [1.165, 1.54) is 32.2 Å². The van der Waals surface area contributed by atoms with E-state index in [0.29, 0.717) is 17.6 Å². The minimum Gasteiger partial charge on any atom is -0.380 e. The monoisotopic (exact) mass is 212 g/mol. The first-order valence-electron chi connectivity index (χ1n) is 6.15. The average molecular weight is 212 g/mol. The van der Waals surface area contributed by atoms with Crippen LogP contribution >= 0.6 is 0 Å². The van der Waals surface area contributed by atoms with Gasteiger partial charge in [-0.1, -0.05) is 13.3 Å². The minimum absolute atomic E-state index is 0.350. The Kier molecular flexibility index (Phi) is 3.33. The van der Waals surface area contributed by atoms with Crippen LogP contribution in [0.5, 0.6) is 0 Å². The van der Waals surface area contributed by atoms with Crippen molar-refractivity contribution in [3.05, 3.63) is 0 Å². The lowest BCUT2D eigenvalue weighted by atomic mass is 9.85. The number of nitrogens with two attached hydrogens (primary N) is 1. The maximum Gasteiger partial charge on any atom is 0.0710 e. The molecular formula is C12H24N2O. The van der Waals surface area contributed by atoms with Crippen LogP contribution in [-0.2, 0) is 4.74 Å².